The van der Waals surface area contributed by atoms with Crippen molar-refractivity contribution in [2.75, 3.05) is 18.5 Å². The Morgan fingerprint density at radius 2 is 1.53 bits per heavy atom. The molecule has 0 saturated carbocycles. The Hall–Kier alpha value is -3.98. The first-order valence-electron chi connectivity index (χ1n) is 12.4. The quantitative estimate of drug-likeness (QED) is 0.418. The van der Waals surface area contributed by atoms with E-state index in [1.807, 2.05) is 36.4 Å². The number of amides is 4. The number of anilines is 1. The molecule has 4 rings (SSSR count). The molecule has 0 fully saturated rings. The molecule has 9 heteroatoms. The molecule has 0 saturated heterocycles. The number of rotatable bonds is 9. The highest BCUT2D eigenvalue weighted by atomic mass is 32.2. The van der Waals surface area contributed by atoms with Crippen molar-refractivity contribution >= 4 is 57.0 Å². The van der Waals surface area contributed by atoms with Crippen molar-refractivity contribution < 1.29 is 24.0 Å². The van der Waals surface area contributed by atoms with Gasteiger partial charge in [0.2, 0.25) is 11.8 Å². The second kappa shape index (κ2) is 11.6. The Morgan fingerprint density at radius 3 is 2.13 bits per heavy atom. The van der Waals surface area contributed by atoms with Gasteiger partial charge in [-0.15, -0.1) is 0 Å². The number of imide groups is 1. The van der Waals surface area contributed by atoms with Gasteiger partial charge in [-0.2, -0.15) is 0 Å². The Morgan fingerprint density at radius 1 is 0.921 bits per heavy atom. The van der Waals surface area contributed by atoms with Crippen LogP contribution in [0.1, 0.15) is 47.4 Å². The third-order valence-electron chi connectivity index (χ3n) is 6.57. The minimum absolute atomic E-state index is 0.121. The van der Waals surface area contributed by atoms with Crippen LogP contribution in [0.15, 0.2) is 66.7 Å². The molecule has 1 N–H and O–H groups in total. The lowest BCUT2D eigenvalue weighted by molar-refractivity contribution is -0.125. The van der Waals surface area contributed by atoms with Crippen LogP contribution < -0.4 is 10.2 Å². The van der Waals surface area contributed by atoms with Crippen LogP contribution in [0.4, 0.5) is 5.69 Å². The van der Waals surface area contributed by atoms with Crippen LogP contribution in [0, 0.1) is 0 Å². The average molecular weight is 532 g/mol. The molecular formula is C29H29N3O5S. The van der Waals surface area contributed by atoms with Gasteiger partial charge in [-0.3, -0.25) is 33.8 Å². The number of fused-ring (bicyclic) bond motifs is 2. The lowest BCUT2D eigenvalue weighted by Gasteiger charge is -2.31. The van der Waals surface area contributed by atoms with Gasteiger partial charge in [0.1, 0.15) is 6.04 Å². The summed E-state index contributed by atoms with van der Waals surface area (Å²) in [7, 11) is 1.51. The highest BCUT2D eigenvalue weighted by Gasteiger charge is 2.36. The number of hydrogen-bond acceptors (Lipinski definition) is 6. The van der Waals surface area contributed by atoms with E-state index in [4.69, 9.17) is 0 Å². The smallest absolute Gasteiger partial charge is 0.261 e. The molecular weight excluding hydrogens is 502 g/mol. The molecule has 0 spiro atoms. The number of carbonyl (C=O) groups is 5. The molecule has 3 aromatic rings. The van der Waals surface area contributed by atoms with E-state index in [9.17, 15) is 24.0 Å². The number of likely N-dealkylation sites (N-methyl/N-ethyl adjacent to an activating group) is 1. The third-order valence-corrected chi connectivity index (χ3v) is 7.63. The normalized spacial score (nSPS) is 14.2. The van der Waals surface area contributed by atoms with Crippen molar-refractivity contribution in [3.8, 4) is 0 Å². The van der Waals surface area contributed by atoms with Gasteiger partial charge in [-0.1, -0.05) is 54.2 Å². The molecule has 1 heterocycles. The van der Waals surface area contributed by atoms with E-state index in [1.54, 1.807) is 37.3 Å². The molecule has 0 unspecified atom stereocenters. The minimum Gasteiger partial charge on any atom is -0.357 e. The summed E-state index contributed by atoms with van der Waals surface area (Å²) >= 11 is 0.892. The Bertz CT molecular complexity index is 1390. The van der Waals surface area contributed by atoms with Crippen molar-refractivity contribution in [2.24, 2.45) is 0 Å². The van der Waals surface area contributed by atoms with E-state index < -0.39 is 11.3 Å². The maximum Gasteiger partial charge on any atom is 0.261 e. The fraction of sp³-hybridized carbons (Fsp3) is 0.276. The predicted molar refractivity (Wildman–Crippen MR) is 148 cm³/mol. The standard InChI is InChI=1S/C29H29N3O5S/c1-18(26(34)30-3)32(22-15-14-20-9-4-5-10-21(20)17-22)29(37)25(38-19(2)33)13-8-16-31-27(35)23-11-6-7-12-24(23)28(31)36/h4-7,9-12,14-15,17-18,25H,8,13,16H2,1-3H3,(H,30,34)/t18-,25-/m0/s1. The van der Waals surface area contributed by atoms with Crippen LogP contribution in [0.3, 0.4) is 0 Å². The fourth-order valence-electron chi connectivity index (χ4n) is 4.66. The van der Waals surface area contributed by atoms with Crippen LogP contribution in [0.25, 0.3) is 10.8 Å². The predicted octanol–water partition coefficient (Wildman–Crippen LogP) is 4.03. The maximum absolute atomic E-state index is 13.9. The first kappa shape index (κ1) is 27.1. The van der Waals surface area contributed by atoms with Crippen molar-refractivity contribution in [3.63, 3.8) is 0 Å². The van der Waals surface area contributed by atoms with Gasteiger partial charge < -0.3 is 5.32 Å². The SMILES string of the molecule is CNC(=O)[C@H](C)N(C(=O)[C@H](CCCN1C(=O)c2ccccc2C1=O)SC(C)=O)c1ccc2ccccc2c1. The number of hydrogen-bond donors (Lipinski definition) is 1. The molecule has 0 aromatic heterocycles. The van der Waals surface area contributed by atoms with Gasteiger partial charge in [0.25, 0.3) is 11.8 Å². The zero-order valence-electron chi connectivity index (χ0n) is 21.5. The average Bonchev–Trinajstić information content (AvgIpc) is 3.16. The summed E-state index contributed by atoms with van der Waals surface area (Å²) in [4.78, 5) is 66.7. The Kier molecular flexibility index (Phi) is 8.26. The molecule has 196 valence electrons. The first-order chi connectivity index (χ1) is 18.2. The minimum atomic E-state index is -0.833. The highest BCUT2D eigenvalue weighted by Crippen LogP contribution is 2.29. The highest BCUT2D eigenvalue weighted by molar-refractivity contribution is 8.14. The molecule has 1 aliphatic rings. The molecule has 2 atom stereocenters. The van der Waals surface area contributed by atoms with Gasteiger partial charge in [0.15, 0.2) is 5.12 Å². The monoisotopic (exact) mass is 531 g/mol. The van der Waals surface area contributed by atoms with Crippen molar-refractivity contribution in [1.29, 1.82) is 0 Å². The summed E-state index contributed by atoms with van der Waals surface area (Å²) in [5.74, 6) is -1.46. The molecule has 4 amide bonds. The number of nitrogens with one attached hydrogen (secondary N) is 1. The molecule has 1 aliphatic heterocycles. The molecule has 8 nitrogen and oxygen atoms in total. The zero-order valence-corrected chi connectivity index (χ0v) is 22.3. The van der Waals surface area contributed by atoms with Gasteiger partial charge in [-0.05, 0) is 54.8 Å². The van der Waals surface area contributed by atoms with E-state index in [-0.39, 0.29) is 41.7 Å². The summed E-state index contributed by atoms with van der Waals surface area (Å²) < 4.78 is 0. The summed E-state index contributed by atoms with van der Waals surface area (Å²) in [6.07, 6.45) is 0.559. The Balaban J connectivity index is 1.57. The second-order valence-corrected chi connectivity index (χ2v) is 10.5. The van der Waals surface area contributed by atoms with E-state index in [0.717, 1.165) is 22.5 Å². The molecule has 38 heavy (non-hydrogen) atoms. The third kappa shape index (κ3) is 5.47. The zero-order chi connectivity index (χ0) is 27.4. The van der Waals surface area contributed by atoms with E-state index in [2.05, 4.69) is 5.32 Å². The van der Waals surface area contributed by atoms with Crippen LogP contribution in [0.5, 0.6) is 0 Å². The summed E-state index contributed by atoms with van der Waals surface area (Å²) in [5, 5.41) is 3.46. The van der Waals surface area contributed by atoms with Crippen molar-refractivity contribution in [2.45, 2.75) is 38.0 Å². The van der Waals surface area contributed by atoms with Crippen LogP contribution in [-0.4, -0.2) is 58.5 Å². The van der Waals surface area contributed by atoms with Gasteiger partial charge in [0, 0.05) is 26.2 Å². The molecule has 3 aromatic carbocycles. The van der Waals surface area contributed by atoms with Gasteiger partial charge in [-0.25, -0.2) is 0 Å². The van der Waals surface area contributed by atoms with Crippen LogP contribution in [-0.2, 0) is 14.4 Å². The van der Waals surface area contributed by atoms with Crippen molar-refractivity contribution in [1.82, 2.24) is 10.2 Å². The van der Waals surface area contributed by atoms with Crippen molar-refractivity contribution in [3.05, 3.63) is 77.9 Å². The first-order valence-corrected chi connectivity index (χ1v) is 13.3. The molecule has 0 radical (unpaired) electrons. The summed E-state index contributed by atoms with van der Waals surface area (Å²) in [6.45, 7) is 3.15. The van der Waals surface area contributed by atoms with E-state index >= 15 is 0 Å². The Labute approximate surface area is 225 Å². The van der Waals surface area contributed by atoms with E-state index in [1.165, 1.54) is 23.8 Å². The molecule has 0 aliphatic carbocycles. The lowest BCUT2D eigenvalue weighted by Crippen LogP contribution is -2.50. The lowest BCUT2D eigenvalue weighted by atomic mass is 10.1. The number of nitrogens with zero attached hydrogens (tertiary/aromatic N) is 2. The van der Waals surface area contributed by atoms with Crippen LogP contribution >= 0.6 is 11.8 Å². The number of thioether (sulfide) groups is 1. The van der Waals surface area contributed by atoms with Gasteiger partial charge >= 0.3 is 0 Å². The number of benzene rings is 3. The molecule has 0 bridgehead atoms. The number of carbonyl (C=O) groups excluding carboxylic acids is 5. The van der Waals surface area contributed by atoms with Gasteiger partial charge in [0.05, 0.1) is 16.4 Å². The summed E-state index contributed by atoms with van der Waals surface area (Å²) in [5.41, 5.74) is 1.27. The largest absolute Gasteiger partial charge is 0.357 e. The topological polar surface area (TPSA) is 104 Å². The fourth-order valence-corrected chi connectivity index (χ4v) is 5.56. The second-order valence-electron chi connectivity index (χ2n) is 9.08. The summed E-state index contributed by atoms with van der Waals surface area (Å²) in [6, 6.07) is 19.1. The maximum atomic E-state index is 13.9. The van der Waals surface area contributed by atoms with E-state index in [0.29, 0.717) is 23.2 Å². The van der Waals surface area contributed by atoms with Crippen LogP contribution in [0.2, 0.25) is 0 Å².